The molecule has 9 heteroatoms. The summed E-state index contributed by atoms with van der Waals surface area (Å²) in [5.74, 6) is 1.26. The number of nitrogens with zero attached hydrogens (tertiary/aromatic N) is 3. The van der Waals surface area contributed by atoms with Crippen LogP contribution in [0.3, 0.4) is 0 Å². The Bertz CT molecular complexity index is 1270. The van der Waals surface area contributed by atoms with Gasteiger partial charge in [-0.15, -0.1) is 15.9 Å². The van der Waals surface area contributed by atoms with Crippen molar-refractivity contribution in [3.8, 4) is 0 Å². The average Bonchev–Trinajstić information content (AvgIpc) is 3.29. The molecule has 0 aliphatic carbocycles. The fourth-order valence-corrected chi connectivity index (χ4v) is 5.23. The summed E-state index contributed by atoms with van der Waals surface area (Å²) in [6, 6.07) is 8.99. The summed E-state index contributed by atoms with van der Waals surface area (Å²) >= 11 is 3.09. The van der Waals surface area contributed by atoms with Crippen molar-refractivity contribution in [1.29, 1.82) is 0 Å². The number of carbonyl (C=O) groups is 1. The van der Waals surface area contributed by atoms with Gasteiger partial charge in [-0.2, -0.15) is 0 Å². The number of anilines is 1. The number of aromatic nitrogens is 3. The first kappa shape index (κ1) is 20.6. The van der Waals surface area contributed by atoms with Crippen molar-refractivity contribution >= 4 is 50.6 Å². The van der Waals surface area contributed by atoms with Gasteiger partial charge in [0.25, 0.3) is 5.56 Å². The predicted molar refractivity (Wildman–Crippen MR) is 120 cm³/mol. The van der Waals surface area contributed by atoms with Crippen LogP contribution in [0.1, 0.15) is 38.1 Å². The van der Waals surface area contributed by atoms with E-state index in [4.69, 9.17) is 4.52 Å². The Balaban J connectivity index is 1.49. The lowest BCUT2D eigenvalue weighted by molar-refractivity contribution is -0.120. The second-order valence-electron chi connectivity index (χ2n) is 7.04. The minimum absolute atomic E-state index is 0.0289. The van der Waals surface area contributed by atoms with Crippen molar-refractivity contribution in [2.24, 2.45) is 5.92 Å². The summed E-state index contributed by atoms with van der Waals surface area (Å²) in [5.41, 5.74) is 2.64. The Kier molecular flexibility index (Phi) is 5.92. The molecule has 0 aliphatic heterocycles. The van der Waals surface area contributed by atoms with Gasteiger partial charge in [-0.05, 0) is 38.0 Å². The Morgan fingerprint density at radius 3 is 2.80 bits per heavy atom. The van der Waals surface area contributed by atoms with E-state index in [1.165, 1.54) is 22.4 Å². The van der Waals surface area contributed by atoms with Crippen LogP contribution in [0, 0.1) is 12.8 Å². The van der Waals surface area contributed by atoms with E-state index < -0.39 is 0 Å². The summed E-state index contributed by atoms with van der Waals surface area (Å²) in [4.78, 5) is 33.6. The van der Waals surface area contributed by atoms with E-state index in [-0.39, 0.29) is 17.4 Å². The molecule has 0 spiro atoms. The molecule has 0 saturated heterocycles. The number of nitrogens with one attached hydrogen (secondary N) is 1. The Hall–Kier alpha value is -2.65. The van der Waals surface area contributed by atoms with E-state index >= 15 is 0 Å². The first-order chi connectivity index (χ1) is 14.5. The third kappa shape index (κ3) is 4.27. The molecule has 1 N–H and O–H groups in total. The van der Waals surface area contributed by atoms with Crippen molar-refractivity contribution in [3.63, 3.8) is 0 Å². The summed E-state index contributed by atoms with van der Waals surface area (Å²) in [6.07, 6.45) is 1.65. The lowest BCUT2D eigenvalue weighted by Crippen LogP contribution is -2.21. The van der Waals surface area contributed by atoms with Crippen LogP contribution in [0.5, 0.6) is 0 Å². The van der Waals surface area contributed by atoms with Crippen LogP contribution in [0.15, 0.2) is 44.0 Å². The van der Waals surface area contributed by atoms with Gasteiger partial charge in [-0.3, -0.25) is 9.59 Å². The molecular weight excluding hydrogens is 420 g/mol. The monoisotopic (exact) mass is 442 g/mol. The molecule has 0 unspecified atom stereocenters. The first-order valence-corrected chi connectivity index (χ1v) is 11.6. The number of rotatable bonds is 7. The van der Waals surface area contributed by atoms with Crippen LogP contribution in [0.25, 0.3) is 15.9 Å². The zero-order valence-electron chi connectivity index (χ0n) is 17.0. The summed E-state index contributed by atoms with van der Waals surface area (Å²) in [5, 5.41) is 3.01. The third-order valence-electron chi connectivity index (χ3n) is 4.86. The van der Waals surface area contributed by atoms with Crippen molar-refractivity contribution in [2.45, 2.75) is 43.7 Å². The molecule has 0 saturated carbocycles. The highest BCUT2D eigenvalue weighted by molar-refractivity contribution is 8.00. The van der Waals surface area contributed by atoms with Crippen LogP contribution in [0.2, 0.25) is 0 Å². The maximum atomic E-state index is 12.3. The maximum Gasteiger partial charge on any atom is 0.287 e. The molecule has 0 aliphatic rings. The van der Waals surface area contributed by atoms with Gasteiger partial charge in [0.05, 0.1) is 15.9 Å². The molecular formula is C21H22N4O3S2. The van der Waals surface area contributed by atoms with Crippen LogP contribution < -0.4 is 10.9 Å². The molecule has 3 heterocycles. The van der Waals surface area contributed by atoms with Gasteiger partial charge in [0.2, 0.25) is 5.91 Å². The summed E-state index contributed by atoms with van der Waals surface area (Å²) in [6.45, 7) is 5.84. The van der Waals surface area contributed by atoms with Crippen molar-refractivity contribution in [2.75, 3.05) is 5.32 Å². The SMILES string of the molecule is CCC(CC)C(=O)Nc1ccc2nc(SCc3cc(=O)n4oc(C)cc4n3)sc2c1. The number of benzene rings is 1. The average molecular weight is 443 g/mol. The van der Waals surface area contributed by atoms with Gasteiger partial charge >= 0.3 is 0 Å². The molecule has 0 bridgehead atoms. The Morgan fingerprint density at radius 2 is 2.03 bits per heavy atom. The van der Waals surface area contributed by atoms with Gasteiger partial charge < -0.3 is 9.84 Å². The fourth-order valence-electron chi connectivity index (χ4n) is 3.23. The van der Waals surface area contributed by atoms with Crippen molar-refractivity contribution < 1.29 is 9.32 Å². The van der Waals surface area contributed by atoms with Gasteiger partial charge in [-0.25, -0.2) is 9.97 Å². The Morgan fingerprint density at radius 1 is 1.23 bits per heavy atom. The smallest absolute Gasteiger partial charge is 0.287 e. The van der Waals surface area contributed by atoms with Crippen LogP contribution in [-0.2, 0) is 10.5 Å². The van der Waals surface area contributed by atoms with E-state index in [1.54, 1.807) is 24.3 Å². The molecule has 1 amide bonds. The van der Waals surface area contributed by atoms with Crippen LogP contribution in [0.4, 0.5) is 5.69 Å². The number of thiazole rings is 1. The molecule has 4 aromatic rings. The molecule has 4 rings (SSSR count). The number of aryl methyl sites for hydroxylation is 1. The molecule has 1 aromatic carbocycles. The van der Waals surface area contributed by atoms with Gasteiger partial charge in [0, 0.05) is 29.5 Å². The van der Waals surface area contributed by atoms with E-state index in [0.29, 0.717) is 22.9 Å². The minimum Gasteiger partial charge on any atom is -0.375 e. The largest absolute Gasteiger partial charge is 0.375 e. The van der Waals surface area contributed by atoms with Crippen molar-refractivity contribution in [1.82, 2.24) is 14.5 Å². The zero-order valence-corrected chi connectivity index (χ0v) is 18.6. The zero-order chi connectivity index (χ0) is 21.3. The number of hydrogen-bond acceptors (Lipinski definition) is 7. The van der Waals surface area contributed by atoms with E-state index in [2.05, 4.69) is 15.3 Å². The number of fused-ring (bicyclic) bond motifs is 2. The van der Waals surface area contributed by atoms with Gasteiger partial charge in [0.1, 0.15) is 5.76 Å². The second-order valence-corrected chi connectivity index (χ2v) is 9.29. The van der Waals surface area contributed by atoms with E-state index in [0.717, 1.165) is 33.1 Å². The van der Waals surface area contributed by atoms with Crippen molar-refractivity contribution in [3.05, 3.63) is 52.1 Å². The molecule has 30 heavy (non-hydrogen) atoms. The van der Waals surface area contributed by atoms with Crippen LogP contribution >= 0.6 is 23.1 Å². The number of amides is 1. The standard InChI is InChI=1S/C21H22N4O3S2/c1-4-13(5-2)20(27)23-14-6-7-16-17(9-14)30-21(24-16)29-11-15-10-19(26)25-18(22-15)8-12(3)28-25/h6-10,13H,4-5,11H2,1-3H3,(H,23,27). The van der Waals surface area contributed by atoms with E-state index in [9.17, 15) is 9.59 Å². The molecule has 0 radical (unpaired) electrons. The topological polar surface area (TPSA) is 89.5 Å². The highest BCUT2D eigenvalue weighted by Crippen LogP contribution is 2.32. The summed E-state index contributed by atoms with van der Waals surface area (Å²) < 4.78 is 8.41. The number of carbonyl (C=O) groups excluding carboxylic acids is 1. The lowest BCUT2D eigenvalue weighted by Gasteiger charge is -2.12. The highest BCUT2D eigenvalue weighted by atomic mass is 32.2. The van der Waals surface area contributed by atoms with Crippen LogP contribution in [-0.4, -0.2) is 20.4 Å². The number of thioether (sulfide) groups is 1. The normalized spacial score (nSPS) is 11.6. The Labute approximate surface area is 181 Å². The maximum absolute atomic E-state index is 12.3. The molecule has 3 aromatic heterocycles. The van der Waals surface area contributed by atoms with E-state index in [1.807, 2.05) is 32.0 Å². The molecule has 0 fully saturated rings. The van der Waals surface area contributed by atoms with Gasteiger partial charge in [-0.1, -0.05) is 25.6 Å². The predicted octanol–water partition coefficient (Wildman–Crippen LogP) is 4.87. The highest BCUT2D eigenvalue weighted by Gasteiger charge is 2.15. The fraction of sp³-hybridized carbons (Fsp3) is 0.333. The number of hydrogen-bond donors (Lipinski definition) is 1. The molecule has 7 nitrogen and oxygen atoms in total. The molecule has 156 valence electrons. The van der Waals surface area contributed by atoms with Gasteiger partial charge in [0.15, 0.2) is 9.99 Å². The molecule has 0 atom stereocenters. The first-order valence-electron chi connectivity index (χ1n) is 9.80. The quantitative estimate of drug-likeness (QED) is 0.411. The lowest BCUT2D eigenvalue weighted by atomic mass is 10.0. The second kappa shape index (κ2) is 8.61. The third-order valence-corrected chi connectivity index (χ3v) is 7.06. The minimum atomic E-state index is -0.231. The summed E-state index contributed by atoms with van der Waals surface area (Å²) in [7, 11) is 0.